The number of carbonyl (C=O) groups is 1. The van der Waals surface area contributed by atoms with Crippen LogP contribution in [0.5, 0.6) is 0 Å². The minimum absolute atomic E-state index is 0.0755. The maximum Gasteiger partial charge on any atom is 0.305 e. The van der Waals surface area contributed by atoms with E-state index in [2.05, 4.69) is 18.6 Å². The number of carbonyl (C=O) groups excluding carboxylic acids is 1. The van der Waals surface area contributed by atoms with Crippen molar-refractivity contribution in [2.24, 2.45) is 5.92 Å². The van der Waals surface area contributed by atoms with Gasteiger partial charge >= 0.3 is 5.97 Å². The van der Waals surface area contributed by atoms with Gasteiger partial charge in [0.05, 0.1) is 7.11 Å². The van der Waals surface area contributed by atoms with E-state index in [-0.39, 0.29) is 5.97 Å². The average Bonchev–Trinajstić information content (AvgIpc) is 2.23. The Morgan fingerprint density at radius 2 is 1.73 bits per heavy atom. The molecule has 0 aromatic heterocycles. The SMILES string of the molecule is CCCCCCCCC(C)CC(=O)OC. The first-order valence-corrected chi connectivity index (χ1v) is 6.27. The van der Waals surface area contributed by atoms with Crippen molar-refractivity contribution in [3.8, 4) is 0 Å². The molecule has 0 aliphatic heterocycles. The summed E-state index contributed by atoms with van der Waals surface area (Å²) in [6.45, 7) is 4.36. The van der Waals surface area contributed by atoms with Crippen LogP contribution in [0.2, 0.25) is 0 Å². The number of hydrogen-bond acceptors (Lipinski definition) is 2. The fourth-order valence-electron chi connectivity index (χ4n) is 1.74. The molecule has 0 radical (unpaired) electrons. The lowest BCUT2D eigenvalue weighted by molar-refractivity contribution is -0.141. The van der Waals surface area contributed by atoms with Crippen LogP contribution in [0.4, 0.5) is 0 Å². The number of unbranched alkanes of at least 4 members (excludes halogenated alkanes) is 5. The van der Waals surface area contributed by atoms with E-state index in [1.54, 1.807) is 0 Å². The second kappa shape index (κ2) is 10.0. The Morgan fingerprint density at radius 3 is 2.33 bits per heavy atom. The van der Waals surface area contributed by atoms with Gasteiger partial charge in [-0.15, -0.1) is 0 Å². The molecule has 0 amide bonds. The fraction of sp³-hybridized carbons (Fsp3) is 0.923. The standard InChI is InChI=1S/C13H26O2/c1-4-5-6-7-8-9-10-12(2)11-13(14)15-3/h12H,4-11H2,1-3H3. The van der Waals surface area contributed by atoms with Gasteiger partial charge in [0.2, 0.25) is 0 Å². The van der Waals surface area contributed by atoms with Gasteiger partial charge < -0.3 is 4.74 Å². The molecule has 0 aliphatic carbocycles. The molecule has 2 heteroatoms. The second-order valence-corrected chi connectivity index (χ2v) is 4.44. The van der Waals surface area contributed by atoms with Crippen LogP contribution in [-0.2, 0) is 9.53 Å². The van der Waals surface area contributed by atoms with Gasteiger partial charge in [-0.1, -0.05) is 58.8 Å². The third-order valence-electron chi connectivity index (χ3n) is 2.79. The molecule has 0 N–H and O–H groups in total. The quantitative estimate of drug-likeness (QED) is 0.429. The molecule has 0 aromatic rings. The first-order chi connectivity index (χ1) is 7.20. The number of rotatable bonds is 9. The largest absolute Gasteiger partial charge is 0.469 e. The van der Waals surface area contributed by atoms with Gasteiger partial charge in [0.15, 0.2) is 0 Å². The molecule has 0 spiro atoms. The topological polar surface area (TPSA) is 26.3 Å². The lowest BCUT2D eigenvalue weighted by atomic mass is 9.99. The molecule has 1 unspecified atom stereocenters. The van der Waals surface area contributed by atoms with Crippen molar-refractivity contribution in [3.05, 3.63) is 0 Å². The summed E-state index contributed by atoms with van der Waals surface area (Å²) in [7, 11) is 1.46. The predicted octanol–water partition coefficient (Wildman–Crippen LogP) is 3.94. The minimum Gasteiger partial charge on any atom is -0.469 e. The molecule has 0 saturated heterocycles. The van der Waals surface area contributed by atoms with Gasteiger partial charge in [0, 0.05) is 6.42 Å². The Labute approximate surface area is 94.4 Å². The molecule has 90 valence electrons. The lowest BCUT2D eigenvalue weighted by Crippen LogP contribution is -2.06. The Bertz CT molecular complexity index is 155. The van der Waals surface area contributed by atoms with Crippen molar-refractivity contribution < 1.29 is 9.53 Å². The minimum atomic E-state index is -0.0755. The van der Waals surface area contributed by atoms with Crippen molar-refractivity contribution in [2.45, 2.75) is 65.2 Å². The highest BCUT2D eigenvalue weighted by Crippen LogP contribution is 2.14. The normalized spacial score (nSPS) is 12.5. The van der Waals surface area contributed by atoms with Gasteiger partial charge in [-0.05, 0) is 5.92 Å². The zero-order valence-electron chi connectivity index (χ0n) is 10.6. The van der Waals surface area contributed by atoms with E-state index in [0.717, 1.165) is 6.42 Å². The van der Waals surface area contributed by atoms with E-state index in [1.165, 1.54) is 45.6 Å². The highest BCUT2D eigenvalue weighted by atomic mass is 16.5. The summed E-state index contributed by atoms with van der Waals surface area (Å²) in [6, 6.07) is 0. The number of esters is 1. The molecule has 0 bridgehead atoms. The van der Waals surface area contributed by atoms with Crippen LogP contribution in [0.1, 0.15) is 65.2 Å². The van der Waals surface area contributed by atoms with Crippen LogP contribution in [0.3, 0.4) is 0 Å². The first-order valence-electron chi connectivity index (χ1n) is 6.27. The van der Waals surface area contributed by atoms with E-state index in [4.69, 9.17) is 0 Å². The molecular weight excluding hydrogens is 188 g/mol. The molecule has 0 fully saturated rings. The molecule has 0 aliphatic rings. The van der Waals surface area contributed by atoms with Crippen molar-refractivity contribution >= 4 is 5.97 Å². The van der Waals surface area contributed by atoms with Gasteiger partial charge in [-0.25, -0.2) is 0 Å². The van der Waals surface area contributed by atoms with E-state index in [1.807, 2.05) is 0 Å². The Balaban J connectivity index is 3.23. The van der Waals surface area contributed by atoms with Crippen LogP contribution in [0.15, 0.2) is 0 Å². The molecule has 0 heterocycles. The van der Waals surface area contributed by atoms with Gasteiger partial charge in [-0.3, -0.25) is 4.79 Å². The first kappa shape index (κ1) is 14.5. The summed E-state index contributed by atoms with van der Waals surface area (Å²) < 4.78 is 4.64. The lowest BCUT2D eigenvalue weighted by Gasteiger charge is -2.09. The number of methoxy groups -OCH3 is 1. The maximum atomic E-state index is 11.0. The summed E-state index contributed by atoms with van der Waals surface area (Å²) in [5, 5.41) is 0. The smallest absolute Gasteiger partial charge is 0.305 e. The fourth-order valence-corrected chi connectivity index (χ4v) is 1.74. The summed E-state index contributed by atoms with van der Waals surface area (Å²) in [6.07, 6.45) is 9.66. The third kappa shape index (κ3) is 9.77. The number of ether oxygens (including phenoxy) is 1. The van der Waals surface area contributed by atoms with E-state index in [0.29, 0.717) is 12.3 Å². The third-order valence-corrected chi connectivity index (χ3v) is 2.79. The second-order valence-electron chi connectivity index (χ2n) is 4.44. The van der Waals surface area contributed by atoms with Crippen molar-refractivity contribution in [1.82, 2.24) is 0 Å². The summed E-state index contributed by atoms with van der Waals surface area (Å²) in [5.41, 5.74) is 0. The molecule has 0 aromatic carbocycles. The highest BCUT2D eigenvalue weighted by molar-refractivity contribution is 5.69. The molecule has 1 atom stereocenters. The van der Waals surface area contributed by atoms with Crippen LogP contribution in [-0.4, -0.2) is 13.1 Å². The van der Waals surface area contributed by atoms with Crippen LogP contribution in [0, 0.1) is 5.92 Å². The van der Waals surface area contributed by atoms with Crippen molar-refractivity contribution in [1.29, 1.82) is 0 Å². The zero-order valence-corrected chi connectivity index (χ0v) is 10.6. The molecule has 15 heavy (non-hydrogen) atoms. The van der Waals surface area contributed by atoms with E-state index < -0.39 is 0 Å². The van der Waals surface area contributed by atoms with Crippen LogP contribution < -0.4 is 0 Å². The van der Waals surface area contributed by atoms with E-state index in [9.17, 15) is 4.79 Å². The Kier molecular flexibility index (Phi) is 9.65. The number of hydrogen-bond donors (Lipinski definition) is 0. The predicted molar refractivity (Wildman–Crippen MR) is 63.8 cm³/mol. The van der Waals surface area contributed by atoms with Gasteiger partial charge in [0.1, 0.15) is 0 Å². The van der Waals surface area contributed by atoms with Crippen molar-refractivity contribution in [2.75, 3.05) is 7.11 Å². The van der Waals surface area contributed by atoms with E-state index >= 15 is 0 Å². The molecule has 0 saturated carbocycles. The van der Waals surface area contributed by atoms with Gasteiger partial charge in [-0.2, -0.15) is 0 Å². The monoisotopic (exact) mass is 214 g/mol. The zero-order chi connectivity index (χ0) is 11.5. The highest BCUT2D eigenvalue weighted by Gasteiger charge is 2.08. The summed E-state index contributed by atoms with van der Waals surface area (Å²) in [4.78, 5) is 11.0. The maximum absolute atomic E-state index is 11.0. The Hall–Kier alpha value is -0.530. The Morgan fingerprint density at radius 1 is 1.13 bits per heavy atom. The van der Waals surface area contributed by atoms with Gasteiger partial charge in [0.25, 0.3) is 0 Å². The molecule has 0 rings (SSSR count). The van der Waals surface area contributed by atoms with Crippen molar-refractivity contribution in [3.63, 3.8) is 0 Å². The summed E-state index contributed by atoms with van der Waals surface area (Å²) in [5.74, 6) is 0.400. The van der Waals surface area contributed by atoms with Crippen LogP contribution >= 0.6 is 0 Å². The average molecular weight is 214 g/mol. The molecule has 2 nitrogen and oxygen atoms in total. The molecular formula is C13H26O2. The summed E-state index contributed by atoms with van der Waals surface area (Å²) >= 11 is 0. The van der Waals surface area contributed by atoms with Crippen LogP contribution in [0.25, 0.3) is 0 Å².